The lowest BCUT2D eigenvalue weighted by Crippen LogP contribution is -2.07. The first kappa shape index (κ1) is 12.2. The maximum atomic E-state index is 12.9. The van der Waals surface area contributed by atoms with E-state index in [0.717, 1.165) is 10.2 Å². The van der Waals surface area contributed by atoms with Crippen molar-refractivity contribution in [3.63, 3.8) is 0 Å². The van der Waals surface area contributed by atoms with Gasteiger partial charge in [0.25, 0.3) is 6.43 Å². The normalized spacial score (nSPS) is 10.6. The molecule has 2 aromatic rings. The highest BCUT2D eigenvalue weighted by Gasteiger charge is 2.21. The van der Waals surface area contributed by atoms with E-state index in [-0.39, 0.29) is 24.4 Å². The van der Waals surface area contributed by atoms with Gasteiger partial charge in [-0.15, -0.1) is 5.10 Å². The van der Waals surface area contributed by atoms with Crippen molar-refractivity contribution in [2.24, 2.45) is 0 Å². The molecule has 0 aliphatic rings. The second-order valence-electron chi connectivity index (χ2n) is 3.70. The standard InChI is InChI=1S/C12H10F2N4/c13-12(14)11-10(6-7-15)16-17-18(11)8-9-4-2-1-3-5-9/h1-5,12H,6,8H2. The second-order valence-corrected chi connectivity index (χ2v) is 3.70. The highest BCUT2D eigenvalue weighted by molar-refractivity contribution is 5.19. The molecule has 0 fully saturated rings. The molecule has 92 valence electrons. The van der Waals surface area contributed by atoms with Crippen molar-refractivity contribution < 1.29 is 8.78 Å². The van der Waals surface area contributed by atoms with Crippen LogP contribution in [-0.4, -0.2) is 15.0 Å². The number of alkyl halides is 2. The second kappa shape index (κ2) is 5.36. The number of benzene rings is 1. The molecule has 0 saturated heterocycles. The number of aromatic nitrogens is 3. The molecule has 0 radical (unpaired) electrons. The van der Waals surface area contributed by atoms with Crippen LogP contribution in [0.1, 0.15) is 23.4 Å². The van der Waals surface area contributed by atoms with Gasteiger partial charge in [0.1, 0.15) is 11.4 Å². The van der Waals surface area contributed by atoms with Crippen molar-refractivity contribution in [3.05, 3.63) is 47.3 Å². The fourth-order valence-corrected chi connectivity index (χ4v) is 1.67. The topological polar surface area (TPSA) is 54.5 Å². The number of hydrogen-bond donors (Lipinski definition) is 0. The summed E-state index contributed by atoms with van der Waals surface area (Å²) in [7, 11) is 0. The average Bonchev–Trinajstić information content (AvgIpc) is 2.74. The van der Waals surface area contributed by atoms with Gasteiger partial charge in [-0.25, -0.2) is 13.5 Å². The van der Waals surface area contributed by atoms with Crippen molar-refractivity contribution in [3.8, 4) is 6.07 Å². The number of nitriles is 1. The largest absolute Gasteiger partial charge is 0.281 e. The van der Waals surface area contributed by atoms with E-state index in [1.165, 1.54) is 0 Å². The smallest absolute Gasteiger partial charge is 0.239 e. The summed E-state index contributed by atoms with van der Waals surface area (Å²) >= 11 is 0. The van der Waals surface area contributed by atoms with E-state index in [9.17, 15) is 8.78 Å². The van der Waals surface area contributed by atoms with Crippen LogP contribution in [0.4, 0.5) is 8.78 Å². The Bertz CT molecular complexity index is 557. The minimum Gasteiger partial charge on any atom is -0.239 e. The first-order valence-electron chi connectivity index (χ1n) is 5.33. The van der Waals surface area contributed by atoms with Crippen molar-refractivity contribution in [1.29, 1.82) is 5.26 Å². The summed E-state index contributed by atoms with van der Waals surface area (Å²) in [6.07, 6.45) is -2.85. The number of halogens is 2. The first-order chi connectivity index (χ1) is 8.72. The lowest BCUT2D eigenvalue weighted by Gasteiger charge is -2.06. The summed E-state index contributed by atoms with van der Waals surface area (Å²) < 4.78 is 27.0. The molecule has 0 unspecified atom stereocenters. The van der Waals surface area contributed by atoms with Crippen molar-refractivity contribution in [2.45, 2.75) is 19.4 Å². The molecule has 0 bridgehead atoms. The highest BCUT2D eigenvalue weighted by atomic mass is 19.3. The Morgan fingerprint density at radius 3 is 2.61 bits per heavy atom. The molecule has 0 aliphatic heterocycles. The fourth-order valence-electron chi connectivity index (χ4n) is 1.67. The van der Waals surface area contributed by atoms with Gasteiger partial charge in [-0.1, -0.05) is 35.5 Å². The monoisotopic (exact) mass is 248 g/mol. The van der Waals surface area contributed by atoms with E-state index in [4.69, 9.17) is 5.26 Å². The van der Waals surface area contributed by atoms with E-state index >= 15 is 0 Å². The van der Waals surface area contributed by atoms with Gasteiger partial charge in [0.05, 0.1) is 19.0 Å². The molecule has 0 amide bonds. The molecule has 0 aliphatic carbocycles. The van der Waals surface area contributed by atoms with E-state index in [1.807, 2.05) is 36.4 Å². The minimum atomic E-state index is -2.69. The summed E-state index contributed by atoms with van der Waals surface area (Å²) in [6.45, 7) is 0.221. The summed E-state index contributed by atoms with van der Waals surface area (Å²) in [4.78, 5) is 0. The predicted octanol–water partition coefficient (Wildman–Crippen LogP) is 2.33. The fraction of sp³-hybridized carbons (Fsp3) is 0.250. The molecule has 1 aromatic carbocycles. The Kier molecular flexibility index (Phi) is 3.63. The molecule has 2 rings (SSSR count). The number of rotatable bonds is 4. The summed E-state index contributed by atoms with van der Waals surface area (Å²) in [5, 5.41) is 15.9. The Morgan fingerprint density at radius 1 is 1.28 bits per heavy atom. The van der Waals surface area contributed by atoms with Crippen LogP contribution < -0.4 is 0 Å². The van der Waals surface area contributed by atoms with Gasteiger partial charge in [0.2, 0.25) is 0 Å². The zero-order valence-electron chi connectivity index (χ0n) is 9.42. The van der Waals surface area contributed by atoms with Gasteiger partial charge in [-0.2, -0.15) is 5.26 Å². The Morgan fingerprint density at radius 2 is 2.00 bits per heavy atom. The SMILES string of the molecule is N#CCc1nnn(Cc2ccccc2)c1C(F)F. The van der Waals surface area contributed by atoms with Gasteiger partial charge in [0.15, 0.2) is 0 Å². The van der Waals surface area contributed by atoms with Gasteiger partial charge in [-0.05, 0) is 5.56 Å². The van der Waals surface area contributed by atoms with Crippen LogP contribution >= 0.6 is 0 Å². The zero-order valence-corrected chi connectivity index (χ0v) is 9.42. The maximum Gasteiger partial charge on any atom is 0.281 e. The summed E-state index contributed by atoms with van der Waals surface area (Å²) in [5.41, 5.74) is 0.622. The lowest BCUT2D eigenvalue weighted by molar-refractivity contribution is 0.139. The van der Waals surface area contributed by atoms with Crippen LogP contribution in [0.25, 0.3) is 0 Å². The number of nitrogens with zero attached hydrogens (tertiary/aromatic N) is 4. The van der Waals surface area contributed by atoms with E-state index in [1.54, 1.807) is 0 Å². The van der Waals surface area contributed by atoms with Crippen LogP contribution in [0.2, 0.25) is 0 Å². The molecule has 0 spiro atoms. The van der Waals surface area contributed by atoms with Gasteiger partial charge < -0.3 is 0 Å². The lowest BCUT2D eigenvalue weighted by atomic mass is 10.2. The van der Waals surface area contributed by atoms with Gasteiger partial charge in [0, 0.05) is 0 Å². The molecular formula is C12H10F2N4. The Labute approximate surface area is 102 Å². The van der Waals surface area contributed by atoms with Crippen LogP contribution in [0.3, 0.4) is 0 Å². The quantitative estimate of drug-likeness (QED) is 0.834. The zero-order chi connectivity index (χ0) is 13.0. The Balaban J connectivity index is 2.31. The molecule has 1 aromatic heterocycles. The van der Waals surface area contributed by atoms with Crippen LogP contribution in [0.5, 0.6) is 0 Å². The third kappa shape index (κ3) is 2.51. The van der Waals surface area contributed by atoms with Crippen molar-refractivity contribution in [1.82, 2.24) is 15.0 Å². The number of hydrogen-bond acceptors (Lipinski definition) is 3. The molecule has 18 heavy (non-hydrogen) atoms. The highest BCUT2D eigenvalue weighted by Crippen LogP contribution is 2.22. The van der Waals surface area contributed by atoms with Gasteiger partial charge >= 0.3 is 0 Å². The Hall–Kier alpha value is -2.29. The predicted molar refractivity (Wildman–Crippen MR) is 59.8 cm³/mol. The molecule has 0 atom stereocenters. The maximum absolute atomic E-state index is 12.9. The molecular weight excluding hydrogens is 238 g/mol. The van der Waals surface area contributed by atoms with E-state index < -0.39 is 6.43 Å². The molecule has 6 heteroatoms. The first-order valence-corrected chi connectivity index (χ1v) is 5.33. The molecule has 1 heterocycles. The van der Waals surface area contributed by atoms with Crippen molar-refractivity contribution >= 4 is 0 Å². The third-order valence-electron chi connectivity index (χ3n) is 2.48. The van der Waals surface area contributed by atoms with E-state index in [0.29, 0.717) is 0 Å². The molecule has 0 saturated carbocycles. The summed E-state index contributed by atoms with van der Waals surface area (Å²) in [5.74, 6) is 0. The third-order valence-corrected chi connectivity index (χ3v) is 2.48. The summed E-state index contributed by atoms with van der Waals surface area (Å²) in [6, 6.07) is 10.9. The van der Waals surface area contributed by atoms with Crippen LogP contribution in [0, 0.1) is 11.3 Å². The molecule has 0 N–H and O–H groups in total. The average molecular weight is 248 g/mol. The van der Waals surface area contributed by atoms with Crippen LogP contribution in [-0.2, 0) is 13.0 Å². The molecule has 4 nitrogen and oxygen atoms in total. The van der Waals surface area contributed by atoms with Gasteiger partial charge in [-0.3, -0.25) is 0 Å². The van der Waals surface area contributed by atoms with Crippen molar-refractivity contribution in [2.75, 3.05) is 0 Å². The van der Waals surface area contributed by atoms with Crippen LogP contribution in [0.15, 0.2) is 30.3 Å². The van der Waals surface area contributed by atoms with E-state index in [2.05, 4.69) is 10.3 Å². The minimum absolute atomic E-state index is 0.0448.